The molecule has 6 heteroatoms. The van der Waals surface area contributed by atoms with Crippen LogP contribution in [-0.4, -0.2) is 4.98 Å². The first-order valence-electron chi connectivity index (χ1n) is 6.78. The van der Waals surface area contributed by atoms with E-state index >= 15 is 0 Å². The van der Waals surface area contributed by atoms with E-state index in [4.69, 9.17) is 11.6 Å². The van der Waals surface area contributed by atoms with E-state index in [0.29, 0.717) is 17.0 Å². The monoisotopic (exact) mass is 353 g/mol. The van der Waals surface area contributed by atoms with E-state index in [1.54, 1.807) is 18.2 Å². The molecule has 3 aromatic rings. The predicted molar refractivity (Wildman–Crippen MR) is 86.8 cm³/mol. The summed E-state index contributed by atoms with van der Waals surface area (Å²) in [5.41, 5.74) is 1.69. The lowest BCUT2D eigenvalue weighted by molar-refractivity contribution is -0.137. The van der Waals surface area contributed by atoms with Crippen molar-refractivity contribution in [1.29, 1.82) is 0 Å². The maximum absolute atomic E-state index is 12.7. The third-order valence-electron chi connectivity index (χ3n) is 3.30. The molecular weight excluding hydrogens is 343 g/mol. The molecule has 0 bridgehead atoms. The van der Waals surface area contributed by atoms with Crippen LogP contribution in [0.4, 0.5) is 13.2 Å². The van der Waals surface area contributed by atoms with Gasteiger partial charge in [-0.25, -0.2) is 4.98 Å². The molecule has 0 saturated heterocycles. The topological polar surface area (TPSA) is 12.9 Å². The molecular formula is C17H11ClF3NS. The van der Waals surface area contributed by atoms with Crippen LogP contribution >= 0.6 is 22.9 Å². The van der Waals surface area contributed by atoms with Crippen molar-refractivity contribution in [3.63, 3.8) is 0 Å². The Balaban J connectivity index is 1.81. The molecule has 3 rings (SSSR count). The van der Waals surface area contributed by atoms with Gasteiger partial charge in [-0.2, -0.15) is 13.2 Å². The number of benzene rings is 2. The van der Waals surface area contributed by atoms with Crippen LogP contribution in [0.5, 0.6) is 0 Å². The average molecular weight is 354 g/mol. The van der Waals surface area contributed by atoms with Gasteiger partial charge in [0, 0.05) is 22.4 Å². The van der Waals surface area contributed by atoms with E-state index in [9.17, 15) is 13.2 Å². The number of rotatable bonds is 3. The van der Waals surface area contributed by atoms with Crippen LogP contribution in [0.25, 0.3) is 11.3 Å². The lowest BCUT2D eigenvalue weighted by atomic mass is 10.1. The molecule has 0 atom stereocenters. The molecule has 0 aliphatic heterocycles. The van der Waals surface area contributed by atoms with Crippen molar-refractivity contribution >= 4 is 22.9 Å². The Hall–Kier alpha value is -1.85. The van der Waals surface area contributed by atoms with Gasteiger partial charge in [0.15, 0.2) is 0 Å². The summed E-state index contributed by atoms with van der Waals surface area (Å²) in [4.78, 5) is 4.49. The van der Waals surface area contributed by atoms with E-state index in [-0.39, 0.29) is 0 Å². The average Bonchev–Trinajstić information content (AvgIpc) is 2.96. The van der Waals surface area contributed by atoms with Crippen LogP contribution in [-0.2, 0) is 12.6 Å². The molecule has 0 aliphatic rings. The number of aromatic nitrogens is 1. The zero-order valence-electron chi connectivity index (χ0n) is 11.8. The molecule has 0 spiro atoms. The van der Waals surface area contributed by atoms with E-state index in [1.165, 1.54) is 23.5 Å². The molecule has 0 unspecified atom stereocenters. The summed E-state index contributed by atoms with van der Waals surface area (Å²) >= 11 is 7.28. The van der Waals surface area contributed by atoms with E-state index < -0.39 is 11.7 Å². The van der Waals surface area contributed by atoms with Gasteiger partial charge in [0.1, 0.15) is 0 Å². The largest absolute Gasteiger partial charge is 0.416 e. The van der Waals surface area contributed by atoms with Crippen LogP contribution in [0.1, 0.15) is 16.1 Å². The highest BCUT2D eigenvalue weighted by Gasteiger charge is 2.30. The van der Waals surface area contributed by atoms with Crippen molar-refractivity contribution in [3.8, 4) is 11.3 Å². The number of hydrogen-bond acceptors (Lipinski definition) is 2. The summed E-state index contributed by atoms with van der Waals surface area (Å²) in [6, 6.07) is 12.6. The van der Waals surface area contributed by atoms with Gasteiger partial charge in [0.25, 0.3) is 0 Å². The minimum absolute atomic E-state index is 0.377. The molecule has 0 aliphatic carbocycles. The van der Waals surface area contributed by atoms with Crippen LogP contribution in [0.3, 0.4) is 0 Å². The van der Waals surface area contributed by atoms with Gasteiger partial charge in [0.2, 0.25) is 0 Å². The van der Waals surface area contributed by atoms with Gasteiger partial charge >= 0.3 is 6.18 Å². The van der Waals surface area contributed by atoms with Gasteiger partial charge in [-0.15, -0.1) is 11.3 Å². The van der Waals surface area contributed by atoms with E-state index in [2.05, 4.69) is 4.98 Å². The Morgan fingerprint density at radius 2 is 1.78 bits per heavy atom. The van der Waals surface area contributed by atoms with Crippen LogP contribution in [0.15, 0.2) is 53.9 Å². The lowest BCUT2D eigenvalue weighted by Gasteiger charge is -2.07. The fourth-order valence-electron chi connectivity index (χ4n) is 2.18. The molecule has 0 amide bonds. The molecule has 23 heavy (non-hydrogen) atoms. The highest BCUT2D eigenvalue weighted by atomic mass is 35.5. The number of thiazole rings is 1. The quantitative estimate of drug-likeness (QED) is 0.556. The number of alkyl halides is 3. The summed E-state index contributed by atoms with van der Waals surface area (Å²) in [6.07, 6.45) is -3.95. The van der Waals surface area contributed by atoms with Crippen molar-refractivity contribution in [1.82, 2.24) is 4.98 Å². The summed E-state index contributed by atoms with van der Waals surface area (Å²) in [5.74, 6) is 0. The SMILES string of the molecule is FC(F)(F)c1cccc(Cc2nc(-c3ccc(Cl)cc3)cs2)c1. The van der Waals surface area contributed by atoms with Gasteiger partial charge in [0.05, 0.1) is 16.3 Å². The summed E-state index contributed by atoms with van der Waals surface area (Å²) in [6.45, 7) is 0. The standard InChI is InChI=1S/C17H11ClF3NS/c18-14-6-4-12(5-7-14)15-10-23-16(22-15)9-11-2-1-3-13(8-11)17(19,20)21/h1-8,10H,9H2. The molecule has 1 heterocycles. The third-order valence-corrected chi connectivity index (χ3v) is 4.40. The van der Waals surface area contributed by atoms with Gasteiger partial charge in [-0.1, -0.05) is 41.9 Å². The van der Waals surface area contributed by atoms with Crippen molar-refractivity contribution < 1.29 is 13.2 Å². The van der Waals surface area contributed by atoms with E-state index in [1.807, 2.05) is 17.5 Å². The third kappa shape index (κ3) is 3.92. The maximum Gasteiger partial charge on any atom is 0.416 e. The second kappa shape index (κ2) is 6.34. The van der Waals surface area contributed by atoms with Crippen molar-refractivity contribution in [3.05, 3.63) is 75.1 Å². The smallest absolute Gasteiger partial charge is 0.241 e. The number of hydrogen-bond donors (Lipinski definition) is 0. The summed E-state index contributed by atoms with van der Waals surface area (Å²) in [5, 5.41) is 3.31. The second-order valence-electron chi connectivity index (χ2n) is 5.01. The van der Waals surface area contributed by atoms with Crippen LogP contribution in [0, 0.1) is 0 Å². The fraction of sp³-hybridized carbons (Fsp3) is 0.118. The Bertz CT molecular complexity index is 809. The Labute approximate surface area is 140 Å². The zero-order chi connectivity index (χ0) is 16.4. The minimum atomic E-state index is -4.33. The normalized spacial score (nSPS) is 11.7. The van der Waals surface area contributed by atoms with Gasteiger partial charge in [-0.05, 0) is 23.8 Å². The Morgan fingerprint density at radius 1 is 1.04 bits per heavy atom. The highest BCUT2D eigenvalue weighted by molar-refractivity contribution is 7.10. The maximum atomic E-state index is 12.7. The second-order valence-corrected chi connectivity index (χ2v) is 6.39. The highest BCUT2D eigenvalue weighted by Crippen LogP contribution is 2.30. The molecule has 0 radical (unpaired) electrons. The van der Waals surface area contributed by atoms with Crippen molar-refractivity contribution in [2.75, 3.05) is 0 Å². The molecule has 1 aromatic heterocycles. The summed E-state index contributed by atoms with van der Waals surface area (Å²) < 4.78 is 38.2. The minimum Gasteiger partial charge on any atom is -0.241 e. The predicted octanol–water partition coefficient (Wildman–Crippen LogP) is 6.07. The fourth-order valence-corrected chi connectivity index (χ4v) is 3.14. The van der Waals surface area contributed by atoms with Crippen LogP contribution < -0.4 is 0 Å². The van der Waals surface area contributed by atoms with Gasteiger partial charge < -0.3 is 0 Å². The Morgan fingerprint density at radius 3 is 2.48 bits per heavy atom. The zero-order valence-corrected chi connectivity index (χ0v) is 13.3. The molecule has 0 fully saturated rings. The molecule has 1 nitrogen and oxygen atoms in total. The first kappa shape index (κ1) is 16.0. The van der Waals surface area contributed by atoms with Crippen LogP contribution in [0.2, 0.25) is 5.02 Å². The molecule has 118 valence electrons. The molecule has 0 N–H and O–H groups in total. The van der Waals surface area contributed by atoms with E-state index in [0.717, 1.165) is 22.3 Å². The molecule has 0 saturated carbocycles. The first-order chi connectivity index (χ1) is 10.9. The number of halogens is 4. The number of nitrogens with zero attached hydrogens (tertiary/aromatic N) is 1. The van der Waals surface area contributed by atoms with Crippen molar-refractivity contribution in [2.24, 2.45) is 0 Å². The molecule has 2 aromatic carbocycles. The summed E-state index contributed by atoms with van der Waals surface area (Å²) in [7, 11) is 0. The first-order valence-corrected chi connectivity index (χ1v) is 8.04. The van der Waals surface area contributed by atoms with Crippen molar-refractivity contribution in [2.45, 2.75) is 12.6 Å². The Kier molecular flexibility index (Phi) is 4.41. The lowest BCUT2D eigenvalue weighted by Crippen LogP contribution is -2.05. The van der Waals surface area contributed by atoms with Gasteiger partial charge in [-0.3, -0.25) is 0 Å².